The second-order valence-electron chi connectivity index (χ2n) is 11.7. The smallest absolute Gasteiger partial charge is 0.250 e. The van der Waals surface area contributed by atoms with E-state index in [-0.39, 0.29) is 17.7 Å². The van der Waals surface area contributed by atoms with E-state index in [9.17, 15) is 4.79 Å². The summed E-state index contributed by atoms with van der Waals surface area (Å²) in [6.45, 7) is 7.35. The Kier molecular flexibility index (Phi) is 7.61. The number of para-hydroxylation sites is 1. The van der Waals surface area contributed by atoms with Gasteiger partial charge < -0.3 is 34.3 Å². The van der Waals surface area contributed by atoms with E-state index >= 15 is 0 Å². The first-order valence-corrected chi connectivity index (χ1v) is 15.0. The van der Waals surface area contributed by atoms with Crippen molar-refractivity contribution in [3.05, 3.63) is 99.6 Å². The summed E-state index contributed by atoms with van der Waals surface area (Å²) in [6.07, 6.45) is 2.60. The van der Waals surface area contributed by atoms with Gasteiger partial charge in [-0.1, -0.05) is 18.2 Å². The van der Waals surface area contributed by atoms with Crippen molar-refractivity contribution in [3.63, 3.8) is 0 Å². The van der Waals surface area contributed by atoms with Crippen LogP contribution in [0.3, 0.4) is 0 Å². The van der Waals surface area contributed by atoms with Gasteiger partial charge in [0.25, 0.3) is 0 Å². The van der Waals surface area contributed by atoms with Crippen molar-refractivity contribution in [2.45, 2.75) is 25.5 Å². The van der Waals surface area contributed by atoms with Crippen LogP contribution >= 0.6 is 0 Å². The van der Waals surface area contributed by atoms with Crippen molar-refractivity contribution in [2.75, 3.05) is 63.3 Å². The monoisotopic (exact) mass is 579 g/mol. The lowest BCUT2D eigenvalue weighted by Gasteiger charge is -2.36. The van der Waals surface area contributed by atoms with Gasteiger partial charge in [0.05, 0.1) is 43.4 Å². The largest absolute Gasteiger partial charge is 0.456 e. The molecule has 0 radical (unpaired) electrons. The number of hydrogen-bond acceptors (Lipinski definition) is 8. The zero-order valence-corrected chi connectivity index (χ0v) is 24.6. The Balaban J connectivity index is 1.16. The fourth-order valence-electron chi connectivity index (χ4n) is 6.17. The standard InChI is InChI=1S/C34H37N5O4/c1-22-6-8-28(35-20-22)33(31-21-38(2)10-15-42-31)36-25-7-9-30-24(17-25)16-23-4-3-5-27(34(23)43-30)29-18-26(19-32(40)37-29)39-11-13-41-14-12-39/h3-9,17-20,31,33,36H,10-16,21H2,1-2H3,(H,37,40)/t31-,33?/m1/s1. The number of aromatic nitrogens is 2. The average molecular weight is 580 g/mol. The number of aryl methyl sites for hydroxylation is 1. The molecule has 1 unspecified atom stereocenters. The van der Waals surface area contributed by atoms with Gasteiger partial charge in [0, 0.05) is 67.4 Å². The van der Waals surface area contributed by atoms with Gasteiger partial charge in [-0.2, -0.15) is 0 Å². The summed E-state index contributed by atoms with van der Waals surface area (Å²) in [4.78, 5) is 25.0. The van der Waals surface area contributed by atoms with E-state index < -0.39 is 0 Å². The van der Waals surface area contributed by atoms with E-state index in [1.807, 2.05) is 30.5 Å². The molecule has 222 valence electrons. The van der Waals surface area contributed by atoms with Crippen LogP contribution in [0.2, 0.25) is 0 Å². The minimum absolute atomic E-state index is 0.0279. The molecule has 7 rings (SSSR count). The second kappa shape index (κ2) is 11.8. The Morgan fingerprint density at radius 1 is 1.00 bits per heavy atom. The van der Waals surface area contributed by atoms with Crippen molar-refractivity contribution in [1.29, 1.82) is 0 Å². The molecule has 43 heavy (non-hydrogen) atoms. The number of H-pyrrole nitrogens is 1. The van der Waals surface area contributed by atoms with E-state index in [1.165, 1.54) is 0 Å². The first-order valence-electron chi connectivity index (χ1n) is 15.0. The summed E-state index contributed by atoms with van der Waals surface area (Å²) < 4.78 is 18.3. The highest BCUT2D eigenvalue weighted by molar-refractivity contribution is 5.74. The van der Waals surface area contributed by atoms with Crippen LogP contribution in [0.15, 0.2) is 71.7 Å². The molecule has 0 saturated carbocycles. The molecular weight excluding hydrogens is 542 g/mol. The maximum absolute atomic E-state index is 12.7. The molecule has 0 aliphatic carbocycles. The molecule has 3 aliphatic heterocycles. The average Bonchev–Trinajstić information content (AvgIpc) is 3.03. The predicted octanol–water partition coefficient (Wildman–Crippen LogP) is 4.76. The number of morpholine rings is 2. The molecule has 2 saturated heterocycles. The Morgan fingerprint density at radius 3 is 2.70 bits per heavy atom. The molecule has 0 amide bonds. The predicted molar refractivity (Wildman–Crippen MR) is 167 cm³/mol. The highest BCUT2D eigenvalue weighted by Gasteiger charge is 2.30. The van der Waals surface area contributed by atoms with Crippen LogP contribution in [0.5, 0.6) is 11.5 Å². The lowest BCUT2D eigenvalue weighted by atomic mass is 9.95. The Bertz CT molecular complexity index is 1660. The Labute approximate surface area is 251 Å². The molecule has 4 aromatic rings. The van der Waals surface area contributed by atoms with E-state index in [0.29, 0.717) is 19.8 Å². The SMILES string of the molecule is Cc1ccc(C(Nc2ccc3c(c2)Cc2cccc(-c4cc(N5CCOCC5)cc(=O)[nH]4)c2O3)[C@H]2CN(C)CCO2)nc1. The van der Waals surface area contributed by atoms with Crippen molar-refractivity contribution in [1.82, 2.24) is 14.9 Å². The lowest BCUT2D eigenvalue weighted by molar-refractivity contribution is -0.0297. The molecule has 3 aliphatic rings. The first kappa shape index (κ1) is 27.6. The number of likely N-dealkylation sites (N-methyl/N-ethyl adjacent to an activating group) is 1. The van der Waals surface area contributed by atoms with Gasteiger partial charge in [-0.15, -0.1) is 0 Å². The molecule has 9 heteroatoms. The van der Waals surface area contributed by atoms with Crippen LogP contribution < -0.4 is 20.5 Å². The zero-order valence-electron chi connectivity index (χ0n) is 24.6. The zero-order chi connectivity index (χ0) is 29.3. The van der Waals surface area contributed by atoms with E-state index in [1.54, 1.807) is 6.07 Å². The van der Waals surface area contributed by atoms with Crippen LogP contribution in [0, 0.1) is 6.92 Å². The Hall–Kier alpha value is -4.18. The Morgan fingerprint density at radius 2 is 1.88 bits per heavy atom. The van der Waals surface area contributed by atoms with Gasteiger partial charge in [-0.05, 0) is 61.5 Å². The van der Waals surface area contributed by atoms with E-state index in [4.69, 9.17) is 19.2 Å². The number of nitrogens with one attached hydrogen (secondary N) is 2. The van der Waals surface area contributed by atoms with Gasteiger partial charge in [0.2, 0.25) is 5.56 Å². The van der Waals surface area contributed by atoms with Gasteiger partial charge in [-0.25, -0.2) is 0 Å². The van der Waals surface area contributed by atoms with Gasteiger partial charge in [0.15, 0.2) is 0 Å². The molecule has 2 aromatic heterocycles. The molecule has 2 N–H and O–H groups in total. The minimum Gasteiger partial charge on any atom is -0.456 e. The third kappa shape index (κ3) is 5.88. The van der Waals surface area contributed by atoms with Gasteiger partial charge in [-0.3, -0.25) is 9.78 Å². The molecular formula is C34H37N5O4. The summed E-state index contributed by atoms with van der Waals surface area (Å²) >= 11 is 0. The van der Waals surface area contributed by atoms with Crippen LogP contribution in [0.1, 0.15) is 28.4 Å². The first-order chi connectivity index (χ1) is 21.0. The molecule has 2 fully saturated rings. The van der Waals surface area contributed by atoms with Gasteiger partial charge >= 0.3 is 0 Å². The summed E-state index contributed by atoms with van der Waals surface area (Å²) in [7, 11) is 2.13. The molecule has 0 spiro atoms. The summed E-state index contributed by atoms with van der Waals surface area (Å²) in [5.41, 5.74) is 7.66. The number of anilines is 2. The van der Waals surface area contributed by atoms with Crippen LogP contribution in [0.4, 0.5) is 11.4 Å². The number of rotatable bonds is 6. The molecule has 2 aromatic carbocycles. The number of pyridine rings is 2. The van der Waals surface area contributed by atoms with Crippen LogP contribution in [0.25, 0.3) is 11.3 Å². The number of ether oxygens (including phenoxy) is 3. The second-order valence-corrected chi connectivity index (χ2v) is 11.7. The highest BCUT2D eigenvalue weighted by atomic mass is 16.5. The molecule has 0 bridgehead atoms. The molecule has 9 nitrogen and oxygen atoms in total. The fraction of sp³-hybridized carbons (Fsp3) is 0.353. The third-order valence-electron chi connectivity index (χ3n) is 8.49. The number of fused-ring (bicyclic) bond motifs is 2. The quantitative estimate of drug-likeness (QED) is 0.298. The molecule has 5 heterocycles. The van der Waals surface area contributed by atoms with E-state index in [2.05, 4.69) is 64.4 Å². The van der Waals surface area contributed by atoms with Crippen molar-refractivity contribution in [2.24, 2.45) is 0 Å². The number of benzene rings is 2. The number of hydrogen-bond donors (Lipinski definition) is 2. The summed E-state index contributed by atoms with van der Waals surface area (Å²) in [5.74, 6) is 1.60. The third-order valence-corrected chi connectivity index (χ3v) is 8.49. The van der Waals surface area contributed by atoms with Crippen molar-refractivity contribution < 1.29 is 14.2 Å². The van der Waals surface area contributed by atoms with Crippen LogP contribution in [-0.2, 0) is 15.9 Å². The molecule has 2 atom stereocenters. The summed E-state index contributed by atoms with van der Waals surface area (Å²) in [5, 5.41) is 3.74. The fourth-order valence-corrected chi connectivity index (χ4v) is 6.17. The number of nitrogens with zero attached hydrogens (tertiary/aromatic N) is 3. The maximum Gasteiger partial charge on any atom is 0.250 e. The van der Waals surface area contributed by atoms with Gasteiger partial charge in [0.1, 0.15) is 11.5 Å². The highest BCUT2D eigenvalue weighted by Crippen LogP contribution is 2.43. The van der Waals surface area contributed by atoms with Crippen LogP contribution in [-0.4, -0.2) is 74.0 Å². The number of aromatic amines is 1. The minimum atomic E-state index is -0.130. The topological polar surface area (TPSA) is 92.0 Å². The summed E-state index contributed by atoms with van der Waals surface area (Å²) in [6, 6.07) is 20.2. The van der Waals surface area contributed by atoms with Crippen molar-refractivity contribution >= 4 is 11.4 Å². The van der Waals surface area contributed by atoms with Crippen molar-refractivity contribution in [3.8, 4) is 22.8 Å². The normalized spacial score (nSPS) is 19.2. The van der Waals surface area contributed by atoms with E-state index in [0.717, 1.165) is 89.1 Å². The lowest BCUT2D eigenvalue weighted by Crippen LogP contribution is -2.45. The maximum atomic E-state index is 12.7.